The van der Waals surface area contributed by atoms with Crippen LogP contribution in [0.15, 0.2) is 66.6 Å². The van der Waals surface area contributed by atoms with Crippen LogP contribution in [-0.2, 0) is 30.3 Å². The number of pyridine rings is 1. The molecule has 7 heteroatoms. The minimum Gasteiger partial charge on any atom is -0.493 e. The first-order valence-electron chi connectivity index (χ1n) is 9.95. The Kier molecular flexibility index (Phi) is 6.12. The molecule has 158 valence electrons. The van der Waals surface area contributed by atoms with Crippen molar-refractivity contribution in [2.24, 2.45) is 0 Å². The highest BCUT2D eigenvalue weighted by Crippen LogP contribution is 2.34. The minimum atomic E-state index is -0.689. The average molecular weight is 419 g/mol. The predicted octanol–water partition coefficient (Wildman–Crippen LogP) is 4.01. The van der Waals surface area contributed by atoms with E-state index < -0.39 is 11.9 Å². The van der Waals surface area contributed by atoms with Gasteiger partial charge in [0, 0.05) is 10.9 Å². The molecule has 0 amide bonds. The second-order valence-electron chi connectivity index (χ2n) is 6.69. The molecule has 1 aliphatic heterocycles. The highest BCUT2D eigenvalue weighted by atomic mass is 16.6. The number of para-hydroxylation sites is 1. The smallest absolute Gasteiger partial charge is 0.377 e. The van der Waals surface area contributed by atoms with E-state index in [4.69, 9.17) is 18.9 Å². The van der Waals surface area contributed by atoms with Gasteiger partial charge in [-0.15, -0.1) is 0 Å². The molecule has 0 saturated heterocycles. The number of rotatable bonds is 6. The molecule has 2 aromatic carbocycles. The standard InChI is InChI=1S/C24H21NO6/c1-2-29-24(27)22-19(14-31-23(26)20-15-28-12-13-30-20)25-18-11-7-6-10-17(18)21(22)16-8-4-3-5-9-16/h3-11,15H,2,12-14H2,1H3. The van der Waals surface area contributed by atoms with E-state index in [1.165, 1.54) is 6.26 Å². The Hall–Kier alpha value is -3.87. The fourth-order valence-corrected chi connectivity index (χ4v) is 3.38. The van der Waals surface area contributed by atoms with E-state index >= 15 is 0 Å². The molecular formula is C24H21NO6. The normalized spacial score (nSPS) is 13.0. The maximum absolute atomic E-state index is 13.0. The summed E-state index contributed by atoms with van der Waals surface area (Å²) in [4.78, 5) is 30.0. The Morgan fingerprint density at radius 1 is 0.968 bits per heavy atom. The van der Waals surface area contributed by atoms with Crippen molar-refractivity contribution >= 4 is 22.8 Å². The SMILES string of the molecule is CCOC(=O)c1c(COC(=O)C2=COCCO2)nc2ccccc2c1-c1ccccc1. The van der Waals surface area contributed by atoms with Gasteiger partial charge in [0.05, 0.1) is 23.4 Å². The third-order valence-corrected chi connectivity index (χ3v) is 4.70. The Morgan fingerprint density at radius 3 is 2.48 bits per heavy atom. The third kappa shape index (κ3) is 4.35. The lowest BCUT2D eigenvalue weighted by Gasteiger charge is -2.18. The lowest BCUT2D eigenvalue weighted by molar-refractivity contribution is -0.146. The number of carbonyl (C=O) groups is 2. The molecule has 0 unspecified atom stereocenters. The molecule has 1 aliphatic rings. The summed E-state index contributed by atoms with van der Waals surface area (Å²) >= 11 is 0. The highest BCUT2D eigenvalue weighted by Gasteiger charge is 2.25. The van der Waals surface area contributed by atoms with Gasteiger partial charge >= 0.3 is 11.9 Å². The monoisotopic (exact) mass is 419 g/mol. The number of nitrogens with zero attached hydrogens (tertiary/aromatic N) is 1. The molecule has 1 aromatic heterocycles. The number of benzene rings is 2. The lowest BCUT2D eigenvalue weighted by atomic mass is 9.94. The number of aromatic nitrogens is 1. The maximum atomic E-state index is 13.0. The number of hydrogen-bond acceptors (Lipinski definition) is 7. The van der Waals surface area contributed by atoms with Crippen molar-refractivity contribution in [2.45, 2.75) is 13.5 Å². The molecule has 3 aromatic rings. The summed E-state index contributed by atoms with van der Waals surface area (Å²) in [5.41, 5.74) is 2.78. The van der Waals surface area contributed by atoms with E-state index in [0.717, 1.165) is 10.9 Å². The van der Waals surface area contributed by atoms with Crippen molar-refractivity contribution < 1.29 is 28.5 Å². The second-order valence-corrected chi connectivity index (χ2v) is 6.69. The lowest BCUT2D eigenvalue weighted by Crippen LogP contribution is -2.19. The van der Waals surface area contributed by atoms with E-state index in [1.807, 2.05) is 54.6 Å². The quantitative estimate of drug-likeness (QED) is 0.558. The van der Waals surface area contributed by atoms with Crippen molar-refractivity contribution in [3.05, 3.63) is 77.9 Å². The van der Waals surface area contributed by atoms with Crippen LogP contribution < -0.4 is 0 Å². The molecule has 0 radical (unpaired) electrons. The molecule has 2 heterocycles. The number of hydrogen-bond donors (Lipinski definition) is 0. The maximum Gasteiger partial charge on any atom is 0.377 e. The molecule has 4 rings (SSSR count). The Balaban J connectivity index is 1.82. The van der Waals surface area contributed by atoms with Crippen molar-refractivity contribution in [1.82, 2.24) is 4.98 Å². The number of esters is 2. The van der Waals surface area contributed by atoms with E-state index in [2.05, 4.69) is 4.98 Å². The van der Waals surface area contributed by atoms with Crippen LogP contribution in [0.1, 0.15) is 23.0 Å². The van der Waals surface area contributed by atoms with Gasteiger partial charge in [-0.3, -0.25) is 0 Å². The van der Waals surface area contributed by atoms with Gasteiger partial charge in [-0.25, -0.2) is 14.6 Å². The molecule has 0 bridgehead atoms. The zero-order chi connectivity index (χ0) is 21.6. The summed E-state index contributed by atoms with van der Waals surface area (Å²) in [6.45, 7) is 2.36. The van der Waals surface area contributed by atoms with Crippen LogP contribution in [0.2, 0.25) is 0 Å². The summed E-state index contributed by atoms with van der Waals surface area (Å²) in [6, 6.07) is 17.0. The highest BCUT2D eigenvalue weighted by molar-refractivity contribution is 6.08. The van der Waals surface area contributed by atoms with Gasteiger partial charge in [-0.2, -0.15) is 0 Å². The molecule has 31 heavy (non-hydrogen) atoms. The van der Waals surface area contributed by atoms with Gasteiger partial charge in [0.2, 0.25) is 5.76 Å². The van der Waals surface area contributed by atoms with Gasteiger partial charge in [0.25, 0.3) is 0 Å². The molecule has 0 N–H and O–H groups in total. The van der Waals surface area contributed by atoms with E-state index in [1.54, 1.807) is 6.92 Å². The topological polar surface area (TPSA) is 84.0 Å². The number of ether oxygens (including phenoxy) is 4. The van der Waals surface area contributed by atoms with Crippen LogP contribution in [0.4, 0.5) is 0 Å². The predicted molar refractivity (Wildman–Crippen MR) is 113 cm³/mol. The van der Waals surface area contributed by atoms with Gasteiger partial charge in [0.15, 0.2) is 0 Å². The summed E-state index contributed by atoms with van der Waals surface area (Å²) < 4.78 is 21.1. The van der Waals surface area contributed by atoms with Crippen LogP contribution in [0.3, 0.4) is 0 Å². The largest absolute Gasteiger partial charge is 0.493 e. The summed E-state index contributed by atoms with van der Waals surface area (Å²) in [7, 11) is 0. The number of carbonyl (C=O) groups excluding carboxylic acids is 2. The first kappa shape index (κ1) is 20.4. The summed E-state index contributed by atoms with van der Waals surface area (Å²) in [5.74, 6) is -1.24. The van der Waals surface area contributed by atoms with Crippen molar-refractivity contribution in [1.29, 1.82) is 0 Å². The molecule has 0 atom stereocenters. The Bertz CT molecular complexity index is 1140. The molecule has 0 spiro atoms. The van der Waals surface area contributed by atoms with Crippen LogP contribution in [0.5, 0.6) is 0 Å². The Labute approximate surface area is 179 Å². The molecular weight excluding hydrogens is 398 g/mol. The first-order valence-corrected chi connectivity index (χ1v) is 9.95. The molecule has 0 fully saturated rings. The van der Waals surface area contributed by atoms with Crippen molar-refractivity contribution in [2.75, 3.05) is 19.8 Å². The van der Waals surface area contributed by atoms with E-state index in [-0.39, 0.29) is 31.1 Å². The fraction of sp³-hybridized carbons (Fsp3) is 0.208. The molecule has 7 nitrogen and oxygen atoms in total. The number of fused-ring (bicyclic) bond motifs is 1. The fourth-order valence-electron chi connectivity index (χ4n) is 3.38. The second kappa shape index (κ2) is 9.30. The molecule has 0 saturated carbocycles. The van der Waals surface area contributed by atoms with Gasteiger partial charge < -0.3 is 18.9 Å². The van der Waals surface area contributed by atoms with E-state index in [0.29, 0.717) is 23.4 Å². The summed E-state index contributed by atoms with van der Waals surface area (Å²) in [6.07, 6.45) is 1.22. The van der Waals surface area contributed by atoms with Crippen LogP contribution in [0, 0.1) is 0 Å². The van der Waals surface area contributed by atoms with Gasteiger partial charge in [-0.1, -0.05) is 48.5 Å². The Morgan fingerprint density at radius 2 is 1.74 bits per heavy atom. The molecule has 0 aliphatic carbocycles. The van der Waals surface area contributed by atoms with Crippen molar-refractivity contribution in [3.63, 3.8) is 0 Å². The van der Waals surface area contributed by atoms with Crippen LogP contribution in [0.25, 0.3) is 22.0 Å². The zero-order valence-electron chi connectivity index (χ0n) is 17.0. The van der Waals surface area contributed by atoms with E-state index in [9.17, 15) is 9.59 Å². The van der Waals surface area contributed by atoms with Crippen LogP contribution >= 0.6 is 0 Å². The average Bonchev–Trinajstić information content (AvgIpc) is 2.82. The van der Waals surface area contributed by atoms with Gasteiger partial charge in [0.1, 0.15) is 26.1 Å². The minimum absolute atomic E-state index is 0.0204. The van der Waals surface area contributed by atoms with Gasteiger partial charge in [-0.05, 0) is 18.6 Å². The summed E-state index contributed by atoms with van der Waals surface area (Å²) in [5, 5.41) is 0.804. The van der Waals surface area contributed by atoms with Crippen molar-refractivity contribution in [3.8, 4) is 11.1 Å². The zero-order valence-corrected chi connectivity index (χ0v) is 17.0. The first-order chi connectivity index (χ1) is 15.2. The van der Waals surface area contributed by atoms with Crippen LogP contribution in [-0.4, -0.2) is 36.7 Å². The third-order valence-electron chi connectivity index (χ3n) is 4.70.